The van der Waals surface area contributed by atoms with Crippen molar-refractivity contribution in [1.29, 1.82) is 0 Å². The fourth-order valence-corrected chi connectivity index (χ4v) is 3.59. The van der Waals surface area contributed by atoms with Crippen LogP contribution < -0.4 is 5.56 Å². The average Bonchev–Trinajstić information content (AvgIpc) is 3.05. The number of fused-ring (bicyclic) bond motifs is 1. The Morgan fingerprint density at radius 2 is 2.00 bits per heavy atom. The minimum absolute atomic E-state index is 0.00231. The first-order valence-electron chi connectivity index (χ1n) is 8.46. The number of aromatic nitrogens is 2. The number of likely N-dealkylation sites (tertiary alicyclic amines) is 1. The van der Waals surface area contributed by atoms with Crippen LogP contribution in [0.4, 0.5) is 0 Å². The van der Waals surface area contributed by atoms with Gasteiger partial charge >= 0.3 is 0 Å². The molecule has 4 nitrogen and oxygen atoms in total. The van der Waals surface area contributed by atoms with Crippen LogP contribution in [0.25, 0.3) is 5.65 Å². The molecule has 0 N–H and O–H groups in total. The van der Waals surface area contributed by atoms with Crippen molar-refractivity contribution >= 4 is 5.65 Å². The zero-order valence-electron chi connectivity index (χ0n) is 13.9. The molecule has 1 fully saturated rings. The lowest BCUT2D eigenvalue weighted by Crippen LogP contribution is -2.23. The Morgan fingerprint density at radius 3 is 2.83 bits per heavy atom. The van der Waals surface area contributed by atoms with Gasteiger partial charge in [0.2, 0.25) is 0 Å². The van der Waals surface area contributed by atoms with Gasteiger partial charge in [-0.05, 0) is 43.0 Å². The van der Waals surface area contributed by atoms with E-state index in [0.717, 1.165) is 43.0 Å². The molecule has 0 spiro atoms. The Labute approximate surface area is 141 Å². The van der Waals surface area contributed by atoms with Crippen molar-refractivity contribution in [1.82, 2.24) is 14.3 Å². The van der Waals surface area contributed by atoms with Gasteiger partial charge in [0.1, 0.15) is 5.65 Å². The van der Waals surface area contributed by atoms with Crippen LogP contribution in [0.15, 0.2) is 59.5 Å². The zero-order valence-corrected chi connectivity index (χ0v) is 13.9. The van der Waals surface area contributed by atoms with Crippen LogP contribution in [0.5, 0.6) is 0 Å². The van der Waals surface area contributed by atoms with Crippen LogP contribution in [0.2, 0.25) is 0 Å². The first-order chi connectivity index (χ1) is 11.7. The van der Waals surface area contributed by atoms with Crippen molar-refractivity contribution in [3.05, 3.63) is 81.9 Å². The van der Waals surface area contributed by atoms with Crippen LogP contribution in [-0.2, 0) is 6.54 Å². The predicted molar refractivity (Wildman–Crippen MR) is 95.3 cm³/mol. The van der Waals surface area contributed by atoms with Crippen molar-refractivity contribution in [2.24, 2.45) is 0 Å². The third-order valence-corrected chi connectivity index (χ3v) is 4.87. The molecule has 4 heteroatoms. The summed E-state index contributed by atoms with van der Waals surface area (Å²) in [5, 5.41) is 0. The highest BCUT2D eigenvalue weighted by atomic mass is 16.1. The van der Waals surface area contributed by atoms with E-state index in [0.29, 0.717) is 5.92 Å². The molecule has 0 radical (unpaired) electrons. The molecular weight excluding hydrogens is 298 g/mol. The minimum Gasteiger partial charge on any atom is -0.297 e. The van der Waals surface area contributed by atoms with E-state index in [2.05, 4.69) is 35.2 Å². The Kier molecular flexibility index (Phi) is 3.90. The van der Waals surface area contributed by atoms with Gasteiger partial charge in [-0.25, -0.2) is 4.98 Å². The van der Waals surface area contributed by atoms with Crippen LogP contribution in [0.3, 0.4) is 0 Å². The van der Waals surface area contributed by atoms with Gasteiger partial charge in [-0.3, -0.25) is 14.1 Å². The zero-order chi connectivity index (χ0) is 16.5. The molecule has 1 atom stereocenters. The lowest BCUT2D eigenvalue weighted by atomic mass is 9.99. The number of pyridine rings is 1. The normalized spacial score (nSPS) is 18.3. The van der Waals surface area contributed by atoms with E-state index in [1.54, 1.807) is 16.7 Å². The molecule has 3 heterocycles. The summed E-state index contributed by atoms with van der Waals surface area (Å²) in [5.41, 5.74) is 4.06. The molecule has 1 saturated heterocycles. The summed E-state index contributed by atoms with van der Waals surface area (Å²) in [7, 11) is 0. The largest absolute Gasteiger partial charge is 0.297 e. The van der Waals surface area contributed by atoms with Crippen molar-refractivity contribution < 1.29 is 0 Å². The molecule has 0 amide bonds. The van der Waals surface area contributed by atoms with Gasteiger partial charge in [0.25, 0.3) is 5.56 Å². The number of nitrogens with zero attached hydrogens (tertiary/aromatic N) is 3. The van der Waals surface area contributed by atoms with Crippen molar-refractivity contribution in [2.75, 3.05) is 13.1 Å². The summed E-state index contributed by atoms with van der Waals surface area (Å²) in [5.74, 6) is 0.578. The van der Waals surface area contributed by atoms with Gasteiger partial charge < -0.3 is 0 Å². The highest BCUT2D eigenvalue weighted by Crippen LogP contribution is 2.27. The van der Waals surface area contributed by atoms with Gasteiger partial charge in [-0.15, -0.1) is 0 Å². The first kappa shape index (κ1) is 15.1. The molecule has 122 valence electrons. The number of hydrogen-bond donors (Lipinski definition) is 0. The maximum Gasteiger partial charge on any atom is 0.258 e. The Hall–Kier alpha value is -2.46. The van der Waals surface area contributed by atoms with E-state index in [1.807, 2.05) is 19.1 Å². The number of hydrogen-bond acceptors (Lipinski definition) is 3. The van der Waals surface area contributed by atoms with Crippen LogP contribution >= 0.6 is 0 Å². The second-order valence-electron chi connectivity index (χ2n) is 6.60. The summed E-state index contributed by atoms with van der Waals surface area (Å²) >= 11 is 0. The quantitative estimate of drug-likeness (QED) is 0.745. The molecule has 4 rings (SSSR count). The second kappa shape index (κ2) is 6.21. The predicted octanol–water partition coefficient (Wildman–Crippen LogP) is 2.99. The van der Waals surface area contributed by atoms with Gasteiger partial charge in [0, 0.05) is 25.4 Å². The molecule has 3 aromatic rings. The molecule has 1 aliphatic heterocycles. The van der Waals surface area contributed by atoms with Crippen molar-refractivity contribution in [3.8, 4) is 0 Å². The summed E-state index contributed by atoms with van der Waals surface area (Å²) in [4.78, 5) is 19.4. The molecule has 24 heavy (non-hydrogen) atoms. The standard InChI is InChI=1S/C20H21N3O/c1-15-6-5-10-23-19(24)12-18(21-20(15)23)14-22-11-9-17(13-22)16-7-3-2-4-8-16/h2-8,10,12,17H,9,11,13-14H2,1H3/t17-/m0/s1. The average molecular weight is 319 g/mol. The Balaban J connectivity index is 1.55. The second-order valence-corrected chi connectivity index (χ2v) is 6.60. The molecule has 1 aromatic carbocycles. The number of rotatable bonds is 3. The van der Waals surface area contributed by atoms with Crippen molar-refractivity contribution in [3.63, 3.8) is 0 Å². The van der Waals surface area contributed by atoms with Gasteiger partial charge in [-0.2, -0.15) is 0 Å². The highest BCUT2D eigenvalue weighted by Gasteiger charge is 2.24. The van der Waals surface area contributed by atoms with Gasteiger partial charge in [0.15, 0.2) is 0 Å². The maximum absolute atomic E-state index is 12.3. The summed E-state index contributed by atoms with van der Waals surface area (Å²) in [6.07, 6.45) is 2.94. The Bertz CT molecular complexity index is 917. The Morgan fingerprint density at radius 1 is 1.17 bits per heavy atom. The monoisotopic (exact) mass is 319 g/mol. The third kappa shape index (κ3) is 2.85. The molecule has 2 aromatic heterocycles. The van der Waals surface area contributed by atoms with E-state index in [9.17, 15) is 4.79 Å². The van der Waals surface area contributed by atoms with Crippen LogP contribution in [0, 0.1) is 6.92 Å². The molecule has 0 aliphatic carbocycles. The van der Waals surface area contributed by atoms with Crippen LogP contribution in [-0.4, -0.2) is 27.4 Å². The van der Waals surface area contributed by atoms with E-state index >= 15 is 0 Å². The van der Waals surface area contributed by atoms with Gasteiger partial charge in [-0.1, -0.05) is 36.4 Å². The van der Waals surface area contributed by atoms with E-state index < -0.39 is 0 Å². The van der Waals surface area contributed by atoms with Crippen LogP contribution in [0.1, 0.15) is 29.2 Å². The lowest BCUT2D eigenvalue weighted by Gasteiger charge is -2.16. The fraction of sp³-hybridized carbons (Fsp3) is 0.300. The lowest BCUT2D eigenvalue weighted by molar-refractivity contribution is 0.322. The summed E-state index contributed by atoms with van der Waals surface area (Å²) in [6.45, 7) is 4.81. The minimum atomic E-state index is -0.00231. The molecule has 0 saturated carbocycles. The number of benzene rings is 1. The third-order valence-electron chi connectivity index (χ3n) is 4.87. The van der Waals surface area contributed by atoms with E-state index in [-0.39, 0.29) is 5.56 Å². The highest BCUT2D eigenvalue weighted by molar-refractivity contribution is 5.46. The summed E-state index contributed by atoms with van der Waals surface area (Å²) in [6, 6.07) is 16.2. The van der Waals surface area contributed by atoms with Gasteiger partial charge in [0.05, 0.1) is 5.69 Å². The van der Waals surface area contributed by atoms with E-state index in [4.69, 9.17) is 4.98 Å². The fourth-order valence-electron chi connectivity index (χ4n) is 3.59. The molecule has 0 bridgehead atoms. The maximum atomic E-state index is 12.3. The molecular formula is C20H21N3O. The SMILES string of the molecule is Cc1cccn2c(=O)cc(CN3CC[C@H](c4ccccc4)C3)nc12. The van der Waals surface area contributed by atoms with Crippen molar-refractivity contribution in [2.45, 2.75) is 25.8 Å². The molecule has 1 aliphatic rings. The summed E-state index contributed by atoms with van der Waals surface area (Å²) < 4.78 is 1.62. The topological polar surface area (TPSA) is 37.6 Å². The first-order valence-corrected chi connectivity index (χ1v) is 8.46. The number of aryl methyl sites for hydroxylation is 1. The smallest absolute Gasteiger partial charge is 0.258 e. The molecule has 0 unspecified atom stereocenters. The van der Waals surface area contributed by atoms with E-state index in [1.165, 1.54) is 5.56 Å².